The lowest BCUT2D eigenvalue weighted by molar-refractivity contribution is 0.112. The zero-order chi connectivity index (χ0) is 14.4. The average molecular weight is 279 g/mol. The molecule has 2 rings (SSSR count). The Morgan fingerprint density at radius 2 is 1.75 bits per heavy atom. The molecule has 0 amide bonds. The van der Waals surface area contributed by atoms with Gasteiger partial charge in [-0.3, -0.25) is 9.69 Å². The van der Waals surface area contributed by atoms with Crippen LogP contribution in [0.3, 0.4) is 0 Å². The third-order valence-electron chi connectivity index (χ3n) is 3.47. The first-order valence-corrected chi connectivity index (χ1v) is 6.85. The predicted octanol–water partition coefficient (Wildman–Crippen LogP) is 1.99. The lowest BCUT2D eigenvalue weighted by atomic mass is 10.2. The minimum Gasteiger partial charge on any atom is -0.493 e. The van der Waals surface area contributed by atoms with E-state index in [0.29, 0.717) is 29.4 Å². The van der Waals surface area contributed by atoms with Crippen LogP contribution >= 0.6 is 0 Å². The molecule has 0 aromatic heterocycles. The van der Waals surface area contributed by atoms with Crippen molar-refractivity contribution in [3.8, 4) is 17.2 Å². The molecule has 0 N–H and O–H groups in total. The van der Waals surface area contributed by atoms with Crippen LogP contribution < -0.4 is 14.2 Å². The maximum Gasteiger partial charge on any atom is 0.203 e. The molecule has 110 valence electrons. The van der Waals surface area contributed by atoms with E-state index in [-0.39, 0.29) is 0 Å². The van der Waals surface area contributed by atoms with Gasteiger partial charge >= 0.3 is 0 Å². The van der Waals surface area contributed by atoms with Gasteiger partial charge in [-0.2, -0.15) is 0 Å². The minimum atomic E-state index is 0.505. The van der Waals surface area contributed by atoms with Gasteiger partial charge in [-0.1, -0.05) is 0 Å². The van der Waals surface area contributed by atoms with Crippen LogP contribution in [0.15, 0.2) is 12.1 Å². The van der Waals surface area contributed by atoms with Crippen molar-refractivity contribution in [3.05, 3.63) is 17.7 Å². The van der Waals surface area contributed by atoms with E-state index in [1.54, 1.807) is 26.4 Å². The van der Waals surface area contributed by atoms with E-state index in [9.17, 15) is 4.79 Å². The molecule has 0 aliphatic carbocycles. The normalized spacial score (nSPS) is 15.1. The second kappa shape index (κ2) is 7.14. The lowest BCUT2D eigenvalue weighted by Crippen LogP contribution is -2.25. The second-order valence-corrected chi connectivity index (χ2v) is 4.77. The number of aldehydes is 1. The summed E-state index contributed by atoms with van der Waals surface area (Å²) in [5.41, 5.74) is 0.505. The van der Waals surface area contributed by atoms with Gasteiger partial charge in [0.15, 0.2) is 11.5 Å². The summed E-state index contributed by atoms with van der Waals surface area (Å²) in [6.45, 7) is 3.75. The third kappa shape index (κ3) is 3.42. The fourth-order valence-electron chi connectivity index (χ4n) is 2.39. The first-order valence-electron chi connectivity index (χ1n) is 6.85. The van der Waals surface area contributed by atoms with Crippen LogP contribution in [0.25, 0.3) is 0 Å². The third-order valence-corrected chi connectivity index (χ3v) is 3.47. The Balaban J connectivity index is 2.06. The topological polar surface area (TPSA) is 48.0 Å². The van der Waals surface area contributed by atoms with Crippen LogP contribution in [0.4, 0.5) is 0 Å². The van der Waals surface area contributed by atoms with Crippen molar-refractivity contribution in [2.45, 2.75) is 12.8 Å². The number of carbonyl (C=O) groups excluding carboxylic acids is 1. The summed E-state index contributed by atoms with van der Waals surface area (Å²) >= 11 is 0. The van der Waals surface area contributed by atoms with E-state index < -0.39 is 0 Å². The molecule has 1 aliphatic heterocycles. The first-order chi connectivity index (χ1) is 9.78. The number of likely N-dealkylation sites (tertiary alicyclic amines) is 1. The number of carbonyl (C=O) groups is 1. The highest BCUT2D eigenvalue weighted by molar-refractivity contribution is 5.78. The fourth-order valence-corrected chi connectivity index (χ4v) is 2.39. The molecular formula is C15H21NO4. The molecule has 1 aliphatic rings. The quantitative estimate of drug-likeness (QED) is 0.714. The van der Waals surface area contributed by atoms with E-state index in [2.05, 4.69) is 4.90 Å². The van der Waals surface area contributed by atoms with Crippen LogP contribution in [-0.2, 0) is 0 Å². The molecule has 5 nitrogen and oxygen atoms in total. The van der Waals surface area contributed by atoms with Crippen molar-refractivity contribution < 1.29 is 19.0 Å². The number of hydrogen-bond acceptors (Lipinski definition) is 5. The van der Waals surface area contributed by atoms with Gasteiger partial charge < -0.3 is 14.2 Å². The van der Waals surface area contributed by atoms with Gasteiger partial charge in [0.1, 0.15) is 12.9 Å². The maximum atomic E-state index is 10.9. The van der Waals surface area contributed by atoms with Crippen molar-refractivity contribution in [1.29, 1.82) is 0 Å². The molecular weight excluding hydrogens is 258 g/mol. The Hall–Kier alpha value is -1.75. The molecule has 1 aromatic rings. The van der Waals surface area contributed by atoms with Crippen molar-refractivity contribution in [3.63, 3.8) is 0 Å². The Labute approximate surface area is 119 Å². The monoisotopic (exact) mass is 279 g/mol. The number of benzene rings is 1. The van der Waals surface area contributed by atoms with Gasteiger partial charge in [-0.25, -0.2) is 0 Å². The fraction of sp³-hybridized carbons (Fsp3) is 0.533. The molecule has 1 fully saturated rings. The number of methoxy groups -OCH3 is 2. The molecule has 20 heavy (non-hydrogen) atoms. The van der Waals surface area contributed by atoms with Gasteiger partial charge in [0.25, 0.3) is 0 Å². The summed E-state index contributed by atoms with van der Waals surface area (Å²) in [5, 5.41) is 0. The second-order valence-electron chi connectivity index (χ2n) is 4.77. The standard InChI is InChI=1S/C15H21NO4/c1-18-13-9-12(11-17)10-14(19-2)15(13)20-8-7-16-5-3-4-6-16/h9-11H,3-8H2,1-2H3. The zero-order valence-electron chi connectivity index (χ0n) is 12.1. The van der Waals surface area contributed by atoms with E-state index in [4.69, 9.17) is 14.2 Å². The van der Waals surface area contributed by atoms with Crippen molar-refractivity contribution in [2.24, 2.45) is 0 Å². The molecule has 1 saturated heterocycles. The average Bonchev–Trinajstić information content (AvgIpc) is 3.00. The molecule has 0 radical (unpaired) electrons. The molecule has 5 heteroatoms. The highest BCUT2D eigenvalue weighted by atomic mass is 16.5. The van der Waals surface area contributed by atoms with Crippen LogP contribution in [0.5, 0.6) is 17.2 Å². The van der Waals surface area contributed by atoms with Crippen LogP contribution in [0, 0.1) is 0 Å². The number of ether oxygens (including phenoxy) is 3. The number of nitrogens with zero attached hydrogens (tertiary/aromatic N) is 1. The lowest BCUT2D eigenvalue weighted by Gasteiger charge is -2.18. The molecule has 0 saturated carbocycles. The van der Waals surface area contributed by atoms with Crippen molar-refractivity contribution >= 4 is 6.29 Å². The Morgan fingerprint density at radius 3 is 2.25 bits per heavy atom. The minimum absolute atomic E-state index is 0.505. The van der Waals surface area contributed by atoms with Gasteiger partial charge in [0, 0.05) is 12.1 Å². The van der Waals surface area contributed by atoms with Crippen LogP contribution in [-0.4, -0.2) is 51.6 Å². The van der Waals surface area contributed by atoms with Gasteiger partial charge in [0.05, 0.1) is 14.2 Å². The van der Waals surface area contributed by atoms with E-state index in [1.165, 1.54) is 12.8 Å². The van der Waals surface area contributed by atoms with Crippen molar-refractivity contribution in [1.82, 2.24) is 4.90 Å². The highest BCUT2D eigenvalue weighted by Crippen LogP contribution is 2.38. The van der Waals surface area contributed by atoms with Gasteiger partial charge in [-0.05, 0) is 38.1 Å². The summed E-state index contributed by atoms with van der Waals surface area (Å²) in [4.78, 5) is 13.3. The van der Waals surface area contributed by atoms with Gasteiger partial charge in [-0.15, -0.1) is 0 Å². The summed E-state index contributed by atoms with van der Waals surface area (Å²) < 4.78 is 16.4. The molecule has 0 bridgehead atoms. The van der Waals surface area contributed by atoms with Crippen LogP contribution in [0.1, 0.15) is 23.2 Å². The summed E-state index contributed by atoms with van der Waals surface area (Å²) in [7, 11) is 3.10. The predicted molar refractivity (Wildman–Crippen MR) is 76.1 cm³/mol. The van der Waals surface area contributed by atoms with Crippen molar-refractivity contribution in [2.75, 3.05) is 40.5 Å². The smallest absolute Gasteiger partial charge is 0.203 e. The Morgan fingerprint density at radius 1 is 1.15 bits per heavy atom. The molecule has 1 heterocycles. The summed E-state index contributed by atoms with van der Waals surface area (Å²) in [6.07, 6.45) is 3.29. The Kier molecular flexibility index (Phi) is 5.24. The number of hydrogen-bond donors (Lipinski definition) is 0. The SMILES string of the molecule is COc1cc(C=O)cc(OC)c1OCCN1CCCC1. The largest absolute Gasteiger partial charge is 0.493 e. The maximum absolute atomic E-state index is 10.9. The number of rotatable bonds is 7. The highest BCUT2D eigenvalue weighted by Gasteiger charge is 2.16. The molecule has 1 aromatic carbocycles. The van der Waals surface area contributed by atoms with E-state index >= 15 is 0 Å². The first kappa shape index (κ1) is 14.7. The van der Waals surface area contributed by atoms with Crippen LogP contribution in [0.2, 0.25) is 0 Å². The molecule has 0 unspecified atom stereocenters. The summed E-state index contributed by atoms with van der Waals surface area (Å²) in [6, 6.07) is 3.31. The van der Waals surface area contributed by atoms with Gasteiger partial charge in [0.2, 0.25) is 5.75 Å². The molecule has 0 atom stereocenters. The zero-order valence-corrected chi connectivity index (χ0v) is 12.1. The van der Waals surface area contributed by atoms with E-state index in [0.717, 1.165) is 25.9 Å². The summed E-state index contributed by atoms with van der Waals surface area (Å²) in [5.74, 6) is 1.60. The van der Waals surface area contributed by atoms with E-state index in [1.807, 2.05) is 0 Å². The molecule has 0 spiro atoms. The Bertz CT molecular complexity index is 430.